The smallest absolute Gasteiger partial charge is 0.225 e. The standard InChI is InChI=1S/C26H32N4O4S/c1-19(29-13-15-30(16-14-29)35(31)22-9-7-20(32-2)8-10-22)25-27-24-6-4-3-5-23(24)26(28-25)34-21-11-17-33-18-12-21/h3-10,19,21H,11-18H2,1-2H3. The van der Waals surface area contributed by atoms with Gasteiger partial charge in [-0.3, -0.25) is 4.90 Å². The van der Waals surface area contributed by atoms with Crippen molar-refractivity contribution >= 4 is 22.3 Å². The Labute approximate surface area is 209 Å². The summed E-state index contributed by atoms with van der Waals surface area (Å²) in [5.74, 6) is 2.18. The van der Waals surface area contributed by atoms with Crippen molar-refractivity contribution in [3.05, 3.63) is 54.4 Å². The number of piperazine rings is 1. The summed E-state index contributed by atoms with van der Waals surface area (Å²) < 4.78 is 32.1. The van der Waals surface area contributed by atoms with Crippen LogP contribution in [0, 0.1) is 0 Å². The second-order valence-corrected chi connectivity index (χ2v) is 10.4. The van der Waals surface area contributed by atoms with Crippen molar-refractivity contribution in [1.29, 1.82) is 0 Å². The minimum absolute atomic E-state index is 0.0215. The average Bonchev–Trinajstić information content (AvgIpc) is 2.93. The quantitative estimate of drug-likeness (QED) is 0.459. The summed E-state index contributed by atoms with van der Waals surface area (Å²) in [6, 6.07) is 15.5. The number of benzene rings is 2. The maximum absolute atomic E-state index is 13.1. The highest BCUT2D eigenvalue weighted by molar-refractivity contribution is 7.89. The molecule has 2 aliphatic rings. The molecule has 3 heterocycles. The van der Waals surface area contributed by atoms with Gasteiger partial charge in [0.25, 0.3) is 0 Å². The molecule has 3 aromatic rings. The number of aromatic nitrogens is 2. The molecule has 2 saturated heterocycles. The zero-order valence-corrected chi connectivity index (χ0v) is 21.1. The first-order valence-electron chi connectivity index (χ1n) is 12.2. The van der Waals surface area contributed by atoms with Crippen LogP contribution in [-0.4, -0.2) is 76.3 Å². The number of hydrogen-bond donors (Lipinski definition) is 0. The summed E-state index contributed by atoms with van der Waals surface area (Å²) >= 11 is -1.19. The van der Waals surface area contributed by atoms with Crippen LogP contribution < -0.4 is 9.47 Å². The van der Waals surface area contributed by atoms with Gasteiger partial charge in [-0.2, -0.15) is 4.98 Å². The predicted molar refractivity (Wildman–Crippen MR) is 135 cm³/mol. The SMILES string of the molecule is COc1ccc([S+]([O-])N2CCN(C(C)c3nc(OC4CCOCC4)c4ccccc4n3)CC2)cc1. The molecule has 0 aliphatic carbocycles. The van der Waals surface area contributed by atoms with E-state index in [1.807, 2.05) is 52.8 Å². The van der Waals surface area contributed by atoms with E-state index in [0.717, 1.165) is 66.5 Å². The maximum atomic E-state index is 13.1. The van der Waals surface area contributed by atoms with E-state index < -0.39 is 11.4 Å². The molecule has 1 aromatic heterocycles. The molecule has 9 heteroatoms. The molecule has 0 spiro atoms. The van der Waals surface area contributed by atoms with Gasteiger partial charge in [0.15, 0.2) is 4.90 Å². The lowest BCUT2D eigenvalue weighted by molar-refractivity contribution is 0.0241. The summed E-state index contributed by atoms with van der Waals surface area (Å²) in [5.41, 5.74) is 0.894. The zero-order chi connectivity index (χ0) is 24.2. The molecule has 2 atom stereocenters. The molecule has 2 aromatic carbocycles. The molecule has 2 fully saturated rings. The third-order valence-corrected chi connectivity index (χ3v) is 8.23. The summed E-state index contributed by atoms with van der Waals surface area (Å²) in [7, 11) is 1.63. The van der Waals surface area contributed by atoms with Gasteiger partial charge in [-0.05, 0) is 43.3 Å². The molecule has 186 valence electrons. The minimum atomic E-state index is -1.19. The highest BCUT2D eigenvalue weighted by Crippen LogP contribution is 2.29. The largest absolute Gasteiger partial charge is 0.593 e. The molecular weight excluding hydrogens is 464 g/mol. The highest BCUT2D eigenvalue weighted by Gasteiger charge is 2.31. The van der Waals surface area contributed by atoms with Gasteiger partial charge in [-0.15, -0.1) is 4.31 Å². The first-order valence-corrected chi connectivity index (χ1v) is 13.3. The Morgan fingerprint density at radius 2 is 1.71 bits per heavy atom. The molecule has 0 bridgehead atoms. The van der Waals surface area contributed by atoms with E-state index in [2.05, 4.69) is 11.8 Å². The number of nitrogens with zero attached hydrogens (tertiary/aromatic N) is 4. The van der Waals surface area contributed by atoms with E-state index in [1.165, 1.54) is 0 Å². The van der Waals surface area contributed by atoms with Crippen LogP contribution in [0.2, 0.25) is 0 Å². The normalized spacial score (nSPS) is 20.0. The number of methoxy groups -OCH3 is 1. The molecule has 5 rings (SSSR count). The van der Waals surface area contributed by atoms with Crippen LogP contribution in [-0.2, 0) is 16.1 Å². The highest BCUT2D eigenvalue weighted by atomic mass is 32.2. The molecule has 35 heavy (non-hydrogen) atoms. The van der Waals surface area contributed by atoms with E-state index in [0.29, 0.717) is 19.0 Å². The molecular formula is C26H32N4O4S. The van der Waals surface area contributed by atoms with Crippen molar-refractivity contribution in [2.75, 3.05) is 46.5 Å². The number of rotatable bonds is 7. The number of fused-ring (bicyclic) bond motifs is 1. The molecule has 2 unspecified atom stereocenters. The number of hydrogen-bond acceptors (Lipinski definition) is 8. The van der Waals surface area contributed by atoms with Crippen molar-refractivity contribution in [2.45, 2.75) is 36.8 Å². The van der Waals surface area contributed by atoms with Crippen molar-refractivity contribution in [1.82, 2.24) is 19.2 Å². The van der Waals surface area contributed by atoms with Crippen LogP contribution in [0.3, 0.4) is 0 Å². The van der Waals surface area contributed by atoms with Crippen molar-refractivity contribution < 1.29 is 18.8 Å². The lowest BCUT2D eigenvalue weighted by atomic mass is 10.1. The fourth-order valence-electron chi connectivity index (χ4n) is 4.55. The third kappa shape index (κ3) is 5.54. The lowest BCUT2D eigenvalue weighted by Crippen LogP contribution is -2.49. The summed E-state index contributed by atoms with van der Waals surface area (Å²) in [6.07, 6.45) is 1.86. The fourth-order valence-corrected chi connectivity index (χ4v) is 5.72. The van der Waals surface area contributed by atoms with Gasteiger partial charge in [-0.25, -0.2) is 4.98 Å². The first-order chi connectivity index (χ1) is 17.1. The van der Waals surface area contributed by atoms with E-state index in [1.54, 1.807) is 7.11 Å². The maximum Gasteiger partial charge on any atom is 0.225 e. The average molecular weight is 497 g/mol. The Kier molecular flexibility index (Phi) is 7.69. The van der Waals surface area contributed by atoms with Crippen LogP contribution in [0.4, 0.5) is 0 Å². The summed E-state index contributed by atoms with van der Waals surface area (Å²) in [6.45, 7) is 6.57. The molecule has 0 amide bonds. The van der Waals surface area contributed by atoms with Gasteiger partial charge in [0.05, 0.1) is 61.7 Å². The van der Waals surface area contributed by atoms with E-state index in [-0.39, 0.29) is 12.1 Å². The monoisotopic (exact) mass is 496 g/mol. The van der Waals surface area contributed by atoms with Crippen LogP contribution in [0.15, 0.2) is 53.4 Å². The second-order valence-electron chi connectivity index (χ2n) is 8.90. The van der Waals surface area contributed by atoms with Gasteiger partial charge in [0.1, 0.15) is 17.7 Å². The van der Waals surface area contributed by atoms with Crippen LogP contribution in [0.5, 0.6) is 11.6 Å². The van der Waals surface area contributed by atoms with Gasteiger partial charge < -0.3 is 18.8 Å². The van der Waals surface area contributed by atoms with Crippen molar-refractivity contribution in [3.8, 4) is 11.6 Å². The van der Waals surface area contributed by atoms with Crippen molar-refractivity contribution in [2.24, 2.45) is 0 Å². The Morgan fingerprint density at radius 1 is 1.00 bits per heavy atom. The Hall–Kier alpha value is -2.43. The van der Waals surface area contributed by atoms with Crippen LogP contribution in [0.1, 0.15) is 31.6 Å². The molecule has 0 saturated carbocycles. The van der Waals surface area contributed by atoms with E-state index >= 15 is 0 Å². The van der Waals surface area contributed by atoms with Gasteiger partial charge in [-0.1, -0.05) is 12.1 Å². The summed E-state index contributed by atoms with van der Waals surface area (Å²) in [4.78, 5) is 12.9. The van der Waals surface area contributed by atoms with Gasteiger partial charge in [0.2, 0.25) is 5.88 Å². The zero-order valence-electron chi connectivity index (χ0n) is 20.3. The molecule has 2 aliphatic heterocycles. The third-order valence-electron chi connectivity index (χ3n) is 6.72. The molecule has 0 radical (unpaired) electrons. The molecule has 0 N–H and O–H groups in total. The predicted octanol–water partition coefficient (Wildman–Crippen LogP) is 3.60. The Bertz CT molecular complexity index is 1120. The Balaban J connectivity index is 1.28. The minimum Gasteiger partial charge on any atom is -0.593 e. The van der Waals surface area contributed by atoms with Crippen LogP contribution in [0.25, 0.3) is 10.9 Å². The topological polar surface area (TPSA) is 83.0 Å². The number of ether oxygens (including phenoxy) is 3. The van der Waals surface area contributed by atoms with E-state index in [9.17, 15) is 4.55 Å². The summed E-state index contributed by atoms with van der Waals surface area (Å²) in [5, 5.41) is 0.939. The van der Waals surface area contributed by atoms with Gasteiger partial charge >= 0.3 is 0 Å². The number of para-hydroxylation sites is 1. The first kappa shape index (κ1) is 24.3. The lowest BCUT2D eigenvalue weighted by Gasteiger charge is -2.36. The van der Waals surface area contributed by atoms with Crippen LogP contribution >= 0.6 is 0 Å². The Morgan fingerprint density at radius 3 is 2.43 bits per heavy atom. The second kappa shape index (κ2) is 11.1. The van der Waals surface area contributed by atoms with E-state index in [4.69, 9.17) is 24.2 Å². The van der Waals surface area contributed by atoms with Gasteiger partial charge in [0, 0.05) is 25.9 Å². The molecule has 8 nitrogen and oxygen atoms in total. The van der Waals surface area contributed by atoms with Crippen molar-refractivity contribution in [3.63, 3.8) is 0 Å². The fraction of sp³-hybridized carbons (Fsp3) is 0.462.